The van der Waals surface area contributed by atoms with Gasteiger partial charge in [0, 0.05) is 6.54 Å². The summed E-state index contributed by atoms with van der Waals surface area (Å²) in [7, 11) is 0. The smallest absolute Gasteiger partial charge is 0.215 e. The molecular formula is C16H13N3OS. The number of aromatic nitrogens is 1. The Balaban J connectivity index is 1.96. The molecule has 0 unspecified atom stereocenters. The van der Waals surface area contributed by atoms with Gasteiger partial charge < -0.3 is 4.57 Å². The molecule has 0 saturated heterocycles. The van der Waals surface area contributed by atoms with Crippen molar-refractivity contribution in [3.63, 3.8) is 0 Å². The van der Waals surface area contributed by atoms with Crippen molar-refractivity contribution < 1.29 is 0 Å². The Morgan fingerprint density at radius 2 is 1.81 bits per heavy atom. The average Bonchev–Trinajstić information content (AvgIpc) is 2.87. The van der Waals surface area contributed by atoms with Gasteiger partial charge in [-0.15, -0.1) is 4.91 Å². The molecule has 0 bridgehead atoms. The Morgan fingerprint density at radius 1 is 1.05 bits per heavy atom. The van der Waals surface area contributed by atoms with Crippen LogP contribution in [0.25, 0.3) is 16.3 Å². The van der Waals surface area contributed by atoms with Gasteiger partial charge in [-0.25, -0.2) is 0 Å². The maximum absolute atomic E-state index is 10.5. The SMILES string of the molecule is O=N/N=c1/sc2ccccc2n1C/C=C/c1ccccc1. The summed E-state index contributed by atoms with van der Waals surface area (Å²) in [6.07, 6.45) is 4.11. The van der Waals surface area contributed by atoms with Crippen molar-refractivity contribution in [2.24, 2.45) is 10.4 Å². The monoisotopic (exact) mass is 295 g/mol. The van der Waals surface area contributed by atoms with E-state index in [1.54, 1.807) is 0 Å². The van der Waals surface area contributed by atoms with Crippen LogP contribution in [0.1, 0.15) is 5.56 Å². The Morgan fingerprint density at radius 3 is 2.62 bits per heavy atom. The quantitative estimate of drug-likeness (QED) is 0.530. The minimum absolute atomic E-state index is 0.615. The third-order valence-corrected chi connectivity index (χ3v) is 4.16. The van der Waals surface area contributed by atoms with Crippen LogP contribution in [-0.2, 0) is 6.54 Å². The number of fused-ring (bicyclic) bond motifs is 1. The number of thiazole rings is 1. The fourth-order valence-electron chi connectivity index (χ4n) is 2.17. The standard InChI is InChI=1S/C16H13N3OS/c20-18-17-16-19(14-10-4-5-11-15(14)21-16)12-6-9-13-7-2-1-3-8-13/h1-11H,12H2/b9-6+,17-16+. The first-order chi connectivity index (χ1) is 10.4. The minimum atomic E-state index is 0.615. The lowest BCUT2D eigenvalue weighted by atomic mass is 10.2. The van der Waals surface area contributed by atoms with Gasteiger partial charge >= 0.3 is 0 Å². The zero-order valence-electron chi connectivity index (χ0n) is 11.2. The van der Waals surface area contributed by atoms with Gasteiger partial charge in [0.1, 0.15) is 0 Å². The van der Waals surface area contributed by atoms with Crippen LogP contribution in [0.15, 0.2) is 71.1 Å². The van der Waals surface area contributed by atoms with Crippen molar-refractivity contribution in [1.29, 1.82) is 0 Å². The van der Waals surface area contributed by atoms with Crippen LogP contribution in [0, 0.1) is 4.91 Å². The van der Waals surface area contributed by atoms with Crippen LogP contribution in [0.5, 0.6) is 0 Å². The molecule has 0 amide bonds. The molecule has 0 atom stereocenters. The number of hydrogen-bond donors (Lipinski definition) is 0. The van der Waals surface area contributed by atoms with Crippen LogP contribution < -0.4 is 4.80 Å². The zero-order chi connectivity index (χ0) is 14.5. The van der Waals surface area contributed by atoms with Gasteiger partial charge in [-0.1, -0.05) is 71.1 Å². The van der Waals surface area contributed by atoms with Gasteiger partial charge in [0.05, 0.1) is 15.5 Å². The van der Waals surface area contributed by atoms with E-state index in [1.165, 1.54) is 11.3 Å². The molecule has 21 heavy (non-hydrogen) atoms. The highest BCUT2D eigenvalue weighted by molar-refractivity contribution is 7.16. The van der Waals surface area contributed by atoms with Gasteiger partial charge in [0.25, 0.3) is 0 Å². The Kier molecular flexibility index (Phi) is 4.02. The third-order valence-electron chi connectivity index (χ3n) is 3.11. The maximum Gasteiger partial charge on any atom is 0.215 e. The fourth-order valence-corrected chi connectivity index (χ4v) is 3.15. The second-order valence-electron chi connectivity index (χ2n) is 4.46. The van der Waals surface area contributed by atoms with E-state index in [0.29, 0.717) is 11.3 Å². The maximum atomic E-state index is 10.5. The van der Waals surface area contributed by atoms with Crippen LogP contribution in [-0.4, -0.2) is 4.57 Å². The first-order valence-corrected chi connectivity index (χ1v) is 7.36. The summed E-state index contributed by atoms with van der Waals surface area (Å²) in [6.45, 7) is 0.646. The number of nitroso groups, excluding NO2 is 1. The van der Waals surface area contributed by atoms with Crippen LogP contribution >= 0.6 is 11.3 Å². The highest BCUT2D eigenvalue weighted by Crippen LogP contribution is 2.16. The lowest BCUT2D eigenvalue weighted by Crippen LogP contribution is -2.13. The topological polar surface area (TPSA) is 46.7 Å². The number of nitrogens with zero attached hydrogens (tertiary/aromatic N) is 3. The van der Waals surface area contributed by atoms with Crippen LogP contribution in [0.4, 0.5) is 0 Å². The largest absolute Gasteiger partial charge is 0.311 e. The molecule has 0 spiro atoms. The molecule has 2 aromatic carbocycles. The predicted octanol–water partition coefficient (Wildman–Crippen LogP) is 4.00. The highest BCUT2D eigenvalue weighted by atomic mass is 32.1. The van der Waals surface area contributed by atoms with Gasteiger partial charge in [0.2, 0.25) is 4.80 Å². The molecule has 0 saturated carbocycles. The summed E-state index contributed by atoms with van der Waals surface area (Å²) < 4.78 is 3.08. The second-order valence-corrected chi connectivity index (χ2v) is 5.47. The van der Waals surface area contributed by atoms with Gasteiger partial charge in [-0.2, -0.15) is 0 Å². The van der Waals surface area contributed by atoms with E-state index in [-0.39, 0.29) is 0 Å². The van der Waals surface area contributed by atoms with Crippen LogP contribution in [0.3, 0.4) is 0 Å². The second kappa shape index (κ2) is 6.28. The minimum Gasteiger partial charge on any atom is -0.311 e. The summed E-state index contributed by atoms with van der Waals surface area (Å²) in [6, 6.07) is 18.1. The van der Waals surface area contributed by atoms with E-state index in [0.717, 1.165) is 15.8 Å². The molecule has 0 aliphatic carbocycles. The van der Waals surface area contributed by atoms with E-state index in [1.807, 2.05) is 59.2 Å². The fraction of sp³-hybridized carbons (Fsp3) is 0.0625. The number of benzene rings is 2. The van der Waals surface area contributed by atoms with Gasteiger partial charge in [0.15, 0.2) is 0 Å². The lowest BCUT2D eigenvalue weighted by molar-refractivity contribution is 0.810. The number of para-hydroxylation sites is 1. The van der Waals surface area contributed by atoms with Gasteiger partial charge in [-0.3, -0.25) is 0 Å². The Bertz CT molecular complexity index is 847. The van der Waals surface area contributed by atoms with E-state index < -0.39 is 0 Å². The van der Waals surface area contributed by atoms with Crippen molar-refractivity contribution in [1.82, 2.24) is 4.57 Å². The lowest BCUT2D eigenvalue weighted by Gasteiger charge is -2.00. The predicted molar refractivity (Wildman–Crippen MR) is 86.6 cm³/mol. The summed E-state index contributed by atoms with van der Waals surface area (Å²) in [4.78, 5) is 11.1. The third kappa shape index (κ3) is 2.98. The van der Waals surface area contributed by atoms with E-state index in [4.69, 9.17) is 0 Å². The van der Waals surface area contributed by atoms with Crippen molar-refractivity contribution in [2.75, 3.05) is 0 Å². The normalized spacial score (nSPS) is 12.3. The molecule has 3 aromatic rings. The molecule has 0 aliphatic heterocycles. The molecule has 104 valence electrons. The number of hydrogen-bond acceptors (Lipinski definition) is 3. The Hall–Kier alpha value is -2.53. The first kappa shape index (κ1) is 13.5. The molecule has 0 N–H and O–H groups in total. The summed E-state index contributed by atoms with van der Waals surface area (Å²) in [5.74, 6) is 0. The highest BCUT2D eigenvalue weighted by Gasteiger charge is 2.04. The summed E-state index contributed by atoms with van der Waals surface area (Å²) in [5, 5.41) is 6.36. The molecule has 5 heteroatoms. The van der Waals surface area contributed by atoms with Crippen molar-refractivity contribution >= 4 is 27.6 Å². The zero-order valence-corrected chi connectivity index (χ0v) is 12.0. The first-order valence-electron chi connectivity index (χ1n) is 6.55. The molecule has 3 rings (SSSR count). The molecular weight excluding hydrogens is 282 g/mol. The summed E-state index contributed by atoms with van der Waals surface area (Å²) >= 11 is 1.46. The molecule has 1 aromatic heterocycles. The summed E-state index contributed by atoms with van der Waals surface area (Å²) in [5.41, 5.74) is 2.20. The molecule has 4 nitrogen and oxygen atoms in total. The average molecular weight is 295 g/mol. The van der Waals surface area contributed by atoms with Crippen LogP contribution in [0.2, 0.25) is 0 Å². The van der Waals surface area contributed by atoms with E-state index in [9.17, 15) is 4.91 Å². The van der Waals surface area contributed by atoms with Crippen molar-refractivity contribution in [3.8, 4) is 0 Å². The molecule has 0 fully saturated rings. The number of rotatable bonds is 4. The number of allylic oxidation sites excluding steroid dienone is 1. The molecule has 0 aliphatic rings. The molecule has 1 heterocycles. The van der Waals surface area contributed by atoms with Gasteiger partial charge in [-0.05, 0) is 17.7 Å². The van der Waals surface area contributed by atoms with E-state index >= 15 is 0 Å². The Labute approximate surface area is 125 Å². The van der Waals surface area contributed by atoms with E-state index in [2.05, 4.69) is 22.5 Å². The van der Waals surface area contributed by atoms with Crippen molar-refractivity contribution in [2.45, 2.75) is 6.54 Å². The molecule has 0 radical (unpaired) electrons. The van der Waals surface area contributed by atoms with Crippen molar-refractivity contribution in [3.05, 3.63) is 75.9 Å².